The molecule has 0 spiro atoms. The third-order valence-corrected chi connectivity index (χ3v) is 3.38. The molecule has 0 aliphatic rings. The molecule has 1 aromatic heterocycles. The van der Waals surface area contributed by atoms with Gasteiger partial charge in [0.1, 0.15) is 5.82 Å². The van der Waals surface area contributed by atoms with Gasteiger partial charge in [-0.1, -0.05) is 31.2 Å². The molecule has 0 aliphatic carbocycles. The van der Waals surface area contributed by atoms with Gasteiger partial charge >= 0.3 is 5.97 Å². The molecule has 1 unspecified atom stereocenters. The molecular formula is C17H18N2O3. The molecule has 0 radical (unpaired) electrons. The van der Waals surface area contributed by atoms with Gasteiger partial charge in [-0.2, -0.15) is 0 Å². The maximum Gasteiger partial charge on any atom is 0.308 e. The van der Waals surface area contributed by atoms with E-state index in [0.717, 1.165) is 5.56 Å². The summed E-state index contributed by atoms with van der Waals surface area (Å²) in [7, 11) is 0. The van der Waals surface area contributed by atoms with Gasteiger partial charge in [0.15, 0.2) is 0 Å². The number of carboxylic acids is 1. The van der Waals surface area contributed by atoms with Gasteiger partial charge in [-0.3, -0.25) is 14.5 Å². The topological polar surface area (TPSA) is 70.5 Å². The number of carbonyl (C=O) groups excluding carboxylic acids is 1. The number of aryl methyl sites for hydroxylation is 1. The summed E-state index contributed by atoms with van der Waals surface area (Å²) in [6.07, 6.45) is 1.60. The molecule has 1 heterocycles. The monoisotopic (exact) mass is 298 g/mol. The number of carboxylic acid groups (broad SMARTS) is 1. The molecule has 0 fully saturated rings. The normalized spacial score (nSPS) is 11.7. The fourth-order valence-electron chi connectivity index (χ4n) is 2.11. The van der Waals surface area contributed by atoms with Crippen LogP contribution < -0.4 is 4.90 Å². The van der Waals surface area contributed by atoms with Gasteiger partial charge in [0, 0.05) is 18.3 Å². The highest BCUT2D eigenvalue weighted by atomic mass is 16.4. The van der Waals surface area contributed by atoms with Gasteiger partial charge in [-0.05, 0) is 30.7 Å². The number of amides is 1. The molecule has 0 saturated carbocycles. The quantitative estimate of drug-likeness (QED) is 0.921. The zero-order chi connectivity index (χ0) is 16.1. The van der Waals surface area contributed by atoms with Crippen LogP contribution in [0.5, 0.6) is 0 Å². The van der Waals surface area contributed by atoms with E-state index in [4.69, 9.17) is 5.11 Å². The van der Waals surface area contributed by atoms with Crippen LogP contribution >= 0.6 is 0 Å². The summed E-state index contributed by atoms with van der Waals surface area (Å²) in [5.74, 6) is -1.39. The number of hydrogen-bond acceptors (Lipinski definition) is 3. The van der Waals surface area contributed by atoms with Crippen molar-refractivity contribution in [2.75, 3.05) is 11.4 Å². The Morgan fingerprint density at radius 3 is 2.45 bits per heavy atom. The maximum absolute atomic E-state index is 12.7. The molecule has 2 rings (SSSR count). The highest BCUT2D eigenvalue weighted by Gasteiger charge is 2.24. The van der Waals surface area contributed by atoms with Crippen molar-refractivity contribution in [2.45, 2.75) is 13.8 Å². The summed E-state index contributed by atoms with van der Waals surface area (Å²) in [4.78, 5) is 29.6. The van der Waals surface area contributed by atoms with Crippen LogP contribution in [-0.4, -0.2) is 28.5 Å². The molecule has 22 heavy (non-hydrogen) atoms. The van der Waals surface area contributed by atoms with E-state index in [1.807, 2.05) is 19.1 Å². The van der Waals surface area contributed by atoms with Gasteiger partial charge in [0.05, 0.1) is 5.92 Å². The number of rotatable bonds is 5. The number of nitrogens with zero attached hydrogens (tertiary/aromatic N) is 2. The number of anilines is 1. The third kappa shape index (κ3) is 3.49. The van der Waals surface area contributed by atoms with Crippen LogP contribution in [0, 0.1) is 12.8 Å². The van der Waals surface area contributed by atoms with Crippen LogP contribution in [0.25, 0.3) is 0 Å². The number of aliphatic carboxylic acids is 1. The van der Waals surface area contributed by atoms with Gasteiger partial charge in [0.25, 0.3) is 5.91 Å². The van der Waals surface area contributed by atoms with Crippen LogP contribution in [0.1, 0.15) is 22.8 Å². The molecule has 0 bridgehead atoms. The Kier molecular flexibility index (Phi) is 4.88. The average molecular weight is 298 g/mol. The number of hydrogen-bond donors (Lipinski definition) is 1. The zero-order valence-electron chi connectivity index (χ0n) is 12.6. The van der Waals surface area contributed by atoms with E-state index in [1.165, 1.54) is 4.90 Å². The number of aromatic nitrogens is 1. The molecule has 1 N–H and O–H groups in total. The SMILES string of the molecule is Cc1cccnc1N(CC(C)C(=O)O)C(=O)c1ccccc1. The Morgan fingerprint density at radius 1 is 1.18 bits per heavy atom. The van der Waals surface area contributed by atoms with E-state index < -0.39 is 11.9 Å². The second-order valence-corrected chi connectivity index (χ2v) is 5.16. The lowest BCUT2D eigenvalue weighted by Gasteiger charge is -2.25. The molecular weight excluding hydrogens is 280 g/mol. The molecule has 1 aromatic carbocycles. The standard InChI is InChI=1S/C17H18N2O3/c1-12-7-6-10-18-15(12)19(11-13(2)17(21)22)16(20)14-8-4-3-5-9-14/h3-10,13H,11H2,1-2H3,(H,21,22). The van der Waals surface area contributed by atoms with Crippen LogP contribution in [0.3, 0.4) is 0 Å². The van der Waals surface area contributed by atoms with Crippen molar-refractivity contribution < 1.29 is 14.7 Å². The predicted octanol–water partition coefficient (Wildman–Crippen LogP) is 2.76. The van der Waals surface area contributed by atoms with Crippen molar-refractivity contribution in [3.05, 3.63) is 59.8 Å². The lowest BCUT2D eigenvalue weighted by Crippen LogP contribution is -2.38. The number of carbonyl (C=O) groups is 2. The van der Waals surface area contributed by atoms with Crippen molar-refractivity contribution in [3.8, 4) is 0 Å². The average Bonchev–Trinajstić information content (AvgIpc) is 2.53. The second-order valence-electron chi connectivity index (χ2n) is 5.16. The highest BCUT2D eigenvalue weighted by molar-refractivity contribution is 6.06. The van der Waals surface area contributed by atoms with E-state index in [2.05, 4.69) is 4.98 Å². The molecule has 2 aromatic rings. The summed E-state index contributed by atoms with van der Waals surface area (Å²) in [5.41, 5.74) is 1.33. The zero-order valence-corrected chi connectivity index (χ0v) is 12.6. The van der Waals surface area contributed by atoms with Gasteiger partial charge in [-0.25, -0.2) is 4.98 Å². The van der Waals surface area contributed by atoms with Gasteiger partial charge < -0.3 is 5.11 Å². The van der Waals surface area contributed by atoms with E-state index >= 15 is 0 Å². The van der Waals surface area contributed by atoms with E-state index in [0.29, 0.717) is 11.4 Å². The number of benzene rings is 1. The first-order chi connectivity index (χ1) is 10.5. The van der Waals surface area contributed by atoms with Crippen molar-refractivity contribution in [3.63, 3.8) is 0 Å². The van der Waals surface area contributed by atoms with Crippen LogP contribution in [0.2, 0.25) is 0 Å². The number of pyridine rings is 1. The Morgan fingerprint density at radius 2 is 1.86 bits per heavy atom. The molecule has 114 valence electrons. The third-order valence-electron chi connectivity index (χ3n) is 3.38. The molecule has 1 amide bonds. The van der Waals surface area contributed by atoms with Crippen LogP contribution in [0.15, 0.2) is 48.7 Å². The maximum atomic E-state index is 12.7. The van der Waals surface area contributed by atoms with E-state index in [9.17, 15) is 9.59 Å². The highest BCUT2D eigenvalue weighted by Crippen LogP contribution is 2.20. The Bertz CT molecular complexity index is 671. The second kappa shape index (κ2) is 6.85. The first-order valence-corrected chi connectivity index (χ1v) is 7.02. The first-order valence-electron chi connectivity index (χ1n) is 7.02. The van der Waals surface area contributed by atoms with Gasteiger partial charge in [0.2, 0.25) is 0 Å². The summed E-state index contributed by atoms with van der Waals surface area (Å²) >= 11 is 0. The molecule has 0 saturated heterocycles. The summed E-state index contributed by atoms with van der Waals surface area (Å²) in [5, 5.41) is 9.14. The molecule has 5 heteroatoms. The Labute approximate surface area is 129 Å². The minimum Gasteiger partial charge on any atom is -0.481 e. The minimum atomic E-state index is -0.945. The fourth-order valence-corrected chi connectivity index (χ4v) is 2.11. The van der Waals surface area contributed by atoms with Crippen molar-refractivity contribution in [1.82, 2.24) is 4.98 Å². The summed E-state index contributed by atoms with van der Waals surface area (Å²) < 4.78 is 0. The first kappa shape index (κ1) is 15.7. The smallest absolute Gasteiger partial charge is 0.308 e. The lowest BCUT2D eigenvalue weighted by molar-refractivity contribution is -0.140. The summed E-state index contributed by atoms with van der Waals surface area (Å²) in [6.45, 7) is 3.49. The Hall–Kier alpha value is -2.69. The minimum absolute atomic E-state index is 0.0704. The van der Waals surface area contributed by atoms with Crippen molar-refractivity contribution >= 4 is 17.7 Å². The van der Waals surface area contributed by atoms with Crippen molar-refractivity contribution in [1.29, 1.82) is 0 Å². The van der Waals surface area contributed by atoms with E-state index in [-0.39, 0.29) is 12.5 Å². The molecule has 5 nitrogen and oxygen atoms in total. The lowest BCUT2D eigenvalue weighted by atomic mass is 10.1. The molecule has 0 aliphatic heterocycles. The van der Waals surface area contributed by atoms with Crippen LogP contribution in [0.4, 0.5) is 5.82 Å². The molecule has 1 atom stereocenters. The Balaban J connectivity index is 2.40. The largest absolute Gasteiger partial charge is 0.481 e. The summed E-state index contributed by atoms with van der Waals surface area (Å²) in [6, 6.07) is 12.4. The predicted molar refractivity (Wildman–Crippen MR) is 83.9 cm³/mol. The van der Waals surface area contributed by atoms with Gasteiger partial charge in [-0.15, -0.1) is 0 Å². The fraction of sp³-hybridized carbons (Fsp3) is 0.235. The van der Waals surface area contributed by atoms with Crippen LogP contribution in [-0.2, 0) is 4.79 Å². The van der Waals surface area contributed by atoms with Crippen molar-refractivity contribution in [2.24, 2.45) is 5.92 Å². The van der Waals surface area contributed by atoms with E-state index in [1.54, 1.807) is 43.5 Å².